The van der Waals surface area contributed by atoms with Crippen LogP contribution in [0, 0.1) is 0 Å². The fourth-order valence-electron chi connectivity index (χ4n) is 9.94. The molecule has 2 aliphatic heterocycles. The molecule has 0 spiro atoms. The van der Waals surface area contributed by atoms with Gasteiger partial charge in [-0.05, 0) is 92.0 Å². The van der Waals surface area contributed by atoms with E-state index in [0.717, 1.165) is 5.69 Å². The third kappa shape index (κ3) is 4.11. The van der Waals surface area contributed by atoms with E-state index in [1.165, 1.54) is 108 Å². The fraction of sp³-hybridized carbons (Fsp3) is 0. The SMILES string of the molecule is c1ccc(-c2ccc(N3c4ccc(-c5ccccc5)cc4B4c5c3cc3sc6ccccc6c3c5-c3cccc5c6cc7ccccc7cc6n4c35)cc2)cc1. The molecule has 4 heterocycles. The van der Waals surface area contributed by atoms with Crippen LogP contribution in [-0.4, -0.2) is 11.3 Å². The molecule has 0 saturated carbocycles. The highest BCUT2D eigenvalue weighted by Gasteiger charge is 2.44. The summed E-state index contributed by atoms with van der Waals surface area (Å²) in [7, 11) is 0. The molecule has 2 aromatic heterocycles. The molecule has 0 aliphatic carbocycles. The Balaban J connectivity index is 1.20. The Morgan fingerprint density at radius 2 is 1.11 bits per heavy atom. The van der Waals surface area contributed by atoms with Gasteiger partial charge < -0.3 is 9.38 Å². The van der Waals surface area contributed by atoms with Crippen molar-refractivity contribution in [1.29, 1.82) is 0 Å². The summed E-state index contributed by atoms with van der Waals surface area (Å²) >= 11 is 1.91. The van der Waals surface area contributed by atoms with Crippen LogP contribution in [0.2, 0.25) is 0 Å². The second-order valence-electron chi connectivity index (χ2n) is 15.2. The molecule has 0 atom stereocenters. The van der Waals surface area contributed by atoms with Crippen molar-refractivity contribution in [3.63, 3.8) is 0 Å². The van der Waals surface area contributed by atoms with E-state index >= 15 is 0 Å². The molecule has 0 amide bonds. The van der Waals surface area contributed by atoms with Crippen molar-refractivity contribution in [1.82, 2.24) is 4.48 Å². The van der Waals surface area contributed by atoms with Crippen LogP contribution >= 0.6 is 11.3 Å². The molecule has 9 aromatic carbocycles. The molecule has 0 N–H and O–H groups in total. The second-order valence-corrected chi connectivity index (χ2v) is 16.3. The zero-order valence-corrected chi connectivity index (χ0v) is 31.1. The summed E-state index contributed by atoms with van der Waals surface area (Å²) < 4.78 is 5.34. The highest BCUT2D eigenvalue weighted by atomic mass is 32.1. The van der Waals surface area contributed by atoms with Gasteiger partial charge in [-0.25, -0.2) is 0 Å². The number of thiophene rings is 1. The van der Waals surface area contributed by atoms with Gasteiger partial charge in [0, 0.05) is 64.6 Å². The van der Waals surface area contributed by atoms with Crippen LogP contribution < -0.4 is 15.8 Å². The van der Waals surface area contributed by atoms with Crippen molar-refractivity contribution in [3.05, 3.63) is 188 Å². The number of anilines is 3. The van der Waals surface area contributed by atoms with E-state index in [1.807, 2.05) is 11.3 Å². The summed E-state index contributed by atoms with van der Waals surface area (Å²) in [4.78, 5) is 2.55. The lowest BCUT2D eigenvalue weighted by atomic mass is 9.44. The molecule has 0 fully saturated rings. The van der Waals surface area contributed by atoms with E-state index in [4.69, 9.17) is 0 Å². The van der Waals surface area contributed by atoms with E-state index in [1.54, 1.807) is 0 Å². The van der Waals surface area contributed by atoms with Gasteiger partial charge >= 0.3 is 6.85 Å². The van der Waals surface area contributed by atoms with Crippen molar-refractivity contribution in [2.45, 2.75) is 0 Å². The first-order valence-electron chi connectivity index (χ1n) is 19.4. The predicted molar refractivity (Wildman–Crippen MR) is 241 cm³/mol. The Hall–Kier alpha value is -6.88. The Kier molecular flexibility index (Phi) is 6.16. The summed E-state index contributed by atoms with van der Waals surface area (Å²) in [6, 6.07) is 70.1. The van der Waals surface area contributed by atoms with E-state index in [9.17, 15) is 0 Å². The number of para-hydroxylation sites is 1. The number of hydrogen-bond donors (Lipinski definition) is 0. The Morgan fingerprint density at radius 1 is 0.446 bits per heavy atom. The normalized spacial score (nSPS) is 12.9. The van der Waals surface area contributed by atoms with Gasteiger partial charge in [0.15, 0.2) is 0 Å². The van der Waals surface area contributed by atoms with Gasteiger partial charge in [0.1, 0.15) is 0 Å². The van der Waals surface area contributed by atoms with Crippen LogP contribution in [0.25, 0.3) is 86.1 Å². The van der Waals surface area contributed by atoms with Crippen LogP contribution in [0.4, 0.5) is 17.1 Å². The molecule has 2 aliphatic rings. The molecule has 0 saturated heterocycles. The Morgan fingerprint density at radius 3 is 1.91 bits per heavy atom. The van der Waals surface area contributed by atoms with Crippen molar-refractivity contribution in [2.75, 3.05) is 4.90 Å². The molecule has 258 valence electrons. The summed E-state index contributed by atoms with van der Waals surface area (Å²) in [5.41, 5.74) is 16.5. The fourth-order valence-corrected chi connectivity index (χ4v) is 11.1. The molecule has 56 heavy (non-hydrogen) atoms. The van der Waals surface area contributed by atoms with Crippen molar-refractivity contribution >= 4 is 98.9 Å². The quantitative estimate of drug-likeness (QED) is 0.165. The Labute approximate surface area is 328 Å². The molecule has 11 aromatic rings. The maximum absolute atomic E-state index is 2.70. The number of fused-ring (bicyclic) bond motifs is 12. The number of nitrogens with zero attached hydrogens (tertiary/aromatic N) is 2. The molecule has 0 bridgehead atoms. The minimum atomic E-state index is -0.0439. The van der Waals surface area contributed by atoms with E-state index in [-0.39, 0.29) is 6.85 Å². The monoisotopic (exact) mass is 726 g/mol. The molecular weight excluding hydrogens is 695 g/mol. The minimum Gasteiger partial charge on any atom is -0.375 e. The van der Waals surface area contributed by atoms with Crippen molar-refractivity contribution in [2.24, 2.45) is 0 Å². The first-order chi connectivity index (χ1) is 27.8. The van der Waals surface area contributed by atoms with Gasteiger partial charge in [0.2, 0.25) is 0 Å². The highest BCUT2D eigenvalue weighted by Crippen LogP contribution is 2.51. The number of rotatable bonds is 3. The van der Waals surface area contributed by atoms with E-state index in [0.29, 0.717) is 0 Å². The standard InChI is InChI=1S/C52H31BN2S/c1-3-12-32(13-4-1)34-22-25-38(26-23-34)54-44-27-24-37(33-14-5-2-6-15-33)29-43(44)53-51-46(54)31-48-49(40-18-9-10-21-47(40)56-48)50(51)41-20-11-19-39-42-28-35-16-7-8-17-36(35)30-45(42)55(53)52(39)41/h1-31H. The third-order valence-electron chi connectivity index (χ3n) is 12.3. The Bertz CT molecular complexity index is 3420. The molecule has 2 nitrogen and oxygen atoms in total. The summed E-state index contributed by atoms with van der Waals surface area (Å²) in [6.07, 6.45) is 0. The van der Waals surface area contributed by atoms with Gasteiger partial charge in [0.25, 0.3) is 0 Å². The smallest absolute Gasteiger partial charge is 0.333 e. The van der Waals surface area contributed by atoms with Crippen LogP contribution in [0.3, 0.4) is 0 Å². The number of aromatic nitrogens is 1. The molecule has 13 rings (SSSR count). The molecule has 0 unspecified atom stereocenters. The first-order valence-corrected chi connectivity index (χ1v) is 20.2. The minimum absolute atomic E-state index is 0.0439. The maximum Gasteiger partial charge on any atom is 0.333 e. The molecular formula is C52H31BN2S. The lowest BCUT2D eigenvalue weighted by Gasteiger charge is -2.41. The summed E-state index contributed by atoms with van der Waals surface area (Å²) in [5, 5.41) is 7.85. The van der Waals surface area contributed by atoms with Crippen LogP contribution in [0.1, 0.15) is 0 Å². The first kappa shape index (κ1) is 30.5. The average Bonchev–Trinajstić information content (AvgIpc) is 3.80. The second kappa shape index (κ2) is 11.3. The zero-order valence-electron chi connectivity index (χ0n) is 30.3. The zero-order chi connectivity index (χ0) is 36.5. The van der Waals surface area contributed by atoms with E-state index in [2.05, 4.69) is 197 Å². The summed E-state index contributed by atoms with van der Waals surface area (Å²) in [5.74, 6) is 0. The number of benzene rings is 9. The van der Waals surface area contributed by atoms with Gasteiger partial charge in [-0.15, -0.1) is 11.3 Å². The van der Waals surface area contributed by atoms with Crippen LogP contribution in [-0.2, 0) is 0 Å². The lowest BCUT2D eigenvalue weighted by Crippen LogP contribution is -2.56. The topological polar surface area (TPSA) is 8.17 Å². The van der Waals surface area contributed by atoms with Gasteiger partial charge in [-0.1, -0.05) is 146 Å². The lowest BCUT2D eigenvalue weighted by molar-refractivity contribution is 1.26. The predicted octanol–water partition coefficient (Wildman–Crippen LogP) is 13.1. The average molecular weight is 727 g/mol. The maximum atomic E-state index is 2.70. The highest BCUT2D eigenvalue weighted by molar-refractivity contribution is 7.26. The molecule has 0 radical (unpaired) electrons. The van der Waals surface area contributed by atoms with Gasteiger partial charge in [-0.3, -0.25) is 0 Å². The summed E-state index contributed by atoms with van der Waals surface area (Å²) in [6.45, 7) is -0.0439. The van der Waals surface area contributed by atoms with Gasteiger partial charge in [-0.2, -0.15) is 0 Å². The number of hydrogen-bond acceptors (Lipinski definition) is 2. The van der Waals surface area contributed by atoms with Crippen LogP contribution in [0.5, 0.6) is 0 Å². The van der Waals surface area contributed by atoms with Crippen LogP contribution in [0.15, 0.2) is 188 Å². The van der Waals surface area contributed by atoms with Crippen molar-refractivity contribution < 1.29 is 0 Å². The largest absolute Gasteiger partial charge is 0.375 e. The third-order valence-corrected chi connectivity index (χ3v) is 13.4. The van der Waals surface area contributed by atoms with E-state index < -0.39 is 0 Å². The van der Waals surface area contributed by atoms with Gasteiger partial charge in [0.05, 0.1) is 0 Å². The van der Waals surface area contributed by atoms with Crippen molar-refractivity contribution in [3.8, 4) is 33.4 Å². The molecule has 4 heteroatoms.